The van der Waals surface area contributed by atoms with Crippen molar-refractivity contribution in [2.24, 2.45) is 0 Å². The quantitative estimate of drug-likeness (QED) is 0.638. The highest BCUT2D eigenvalue weighted by molar-refractivity contribution is 7.92. The summed E-state index contributed by atoms with van der Waals surface area (Å²) in [6.45, 7) is 5.81. The van der Waals surface area contributed by atoms with Gasteiger partial charge in [0.05, 0.1) is 29.4 Å². The molecule has 1 unspecified atom stereocenters. The summed E-state index contributed by atoms with van der Waals surface area (Å²) in [6, 6.07) is 11.9. The number of rotatable bonds is 5. The molecule has 0 bridgehead atoms. The molecule has 0 aliphatic carbocycles. The zero-order valence-electron chi connectivity index (χ0n) is 18.5. The number of nitrogens with one attached hydrogen (secondary N) is 1. The Morgan fingerprint density at radius 1 is 1.25 bits per heavy atom. The van der Waals surface area contributed by atoms with E-state index in [0.717, 1.165) is 5.56 Å². The normalized spacial score (nSPS) is 15.9. The van der Waals surface area contributed by atoms with Crippen molar-refractivity contribution in [1.29, 1.82) is 0 Å². The van der Waals surface area contributed by atoms with Gasteiger partial charge in [0, 0.05) is 17.6 Å². The molecule has 0 saturated heterocycles. The molecule has 32 heavy (non-hydrogen) atoms. The van der Waals surface area contributed by atoms with E-state index in [9.17, 15) is 18.0 Å². The number of hydrogen-bond donors (Lipinski definition) is 1. The zero-order chi connectivity index (χ0) is 23.2. The van der Waals surface area contributed by atoms with Crippen LogP contribution in [0.5, 0.6) is 0 Å². The van der Waals surface area contributed by atoms with Crippen LogP contribution in [0, 0.1) is 0 Å². The topological polar surface area (TPSA) is 103 Å². The maximum absolute atomic E-state index is 13.4. The Hall–Kier alpha value is -3.20. The number of hydrogen-bond acceptors (Lipinski definition) is 5. The maximum Gasteiger partial charge on any atom is 0.258 e. The number of carbonyl (C=O) groups is 1. The van der Waals surface area contributed by atoms with Crippen molar-refractivity contribution in [3.05, 3.63) is 69.8 Å². The van der Waals surface area contributed by atoms with Gasteiger partial charge < -0.3 is 9.88 Å². The van der Waals surface area contributed by atoms with Gasteiger partial charge in [-0.15, -0.1) is 0 Å². The van der Waals surface area contributed by atoms with Gasteiger partial charge in [-0.2, -0.15) is 0 Å². The fraction of sp³-hybridized carbons (Fsp3) is 0.348. The van der Waals surface area contributed by atoms with E-state index in [2.05, 4.69) is 9.97 Å². The van der Waals surface area contributed by atoms with Crippen LogP contribution < -0.4 is 9.86 Å². The molecule has 2 aromatic carbocycles. The second-order valence-electron chi connectivity index (χ2n) is 8.51. The molecule has 1 aliphatic heterocycles. The van der Waals surface area contributed by atoms with Gasteiger partial charge in [0.1, 0.15) is 5.82 Å². The predicted molar refractivity (Wildman–Crippen MR) is 124 cm³/mol. The van der Waals surface area contributed by atoms with Gasteiger partial charge in [-0.05, 0) is 63.1 Å². The molecule has 1 amide bonds. The second-order valence-corrected chi connectivity index (χ2v) is 10.4. The minimum atomic E-state index is -3.39. The average molecular weight is 455 g/mol. The first-order valence-electron chi connectivity index (χ1n) is 10.5. The molecule has 4 rings (SSSR count). The second kappa shape index (κ2) is 8.05. The Morgan fingerprint density at radius 3 is 2.66 bits per heavy atom. The number of sulfonamides is 1. The number of amides is 1. The maximum atomic E-state index is 13.4. The van der Waals surface area contributed by atoms with E-state index in [4.69, 9.17) is 0 Å². The zero-order valence-corrected chi connectivity index (χ0v) is 19.3. The molecule has 8 nitrogen and oxygen atoms in total. The van der Waals surface area contributed by atoms with E-state index in [1.807, 2.05) is 26.8 Å². The Kier molecular flexibility index (Phi) is 5.54. The average Bonchev–Trinajstić information content (AvgIpc) is 3.06. The lowest BCUT2D eigenvalue weighted by atomic mass is 10.1. The molecule has 3 aromatic rings. The van der Waals surface area contributed by atoms with E-state index in [1.165, 1.54) is 10.6 Å². The van der Waals surface area contributed by atoms with Crippen molar-refractivity contribution in [3.8, 4) is 0 Å². The Morgan fingerprint density at radius 2 is 1.97 bits per heavy atom. The van der Waals surface area contributed by atoms with Crippen LogP contribution in [-0.4, -0.2) is 47.5 Å². The van der Waals surface area contributed by atoms with Gasteiger partial charge in [-0.3, -0.25) is 13.9 Å². The van der Waals surface area contributed by atoms with Crippen molar-refractivity contribution >= 4 is 32.5 Å². The Balaban J connectivity index is 1.65. The van der Waals surface area contributed by atoms with E-state index in [1.54, 1.807) is 41.3 Å². The number of para-hydroxylation sites is 1. The molecule has 0 saturated carbocycles. The summed E-state index contributed by atoms with van der Waals surface area (Å²) in [7, 11) is -3.39. The fourth-order valence-corrected chi connectivity index (χ4v) is 5.53. The van der Waals surface area contributed by atoms with Gasteiger partial charge >= 0.3 is 0 Å². The summed E-state index contributed by atoms with van der Waals surface area (Å²) in [4.78, 5) is 34.7. The molecule has 0 spiro atoms. The molecule has 2 heterocycles. The largest absolute Gasteiger partial charge is 0.329 e. The highest BCUT2D eigenvalue weighted by Crippen LogP contribution is 2.35. The van der Waals surface area contributed by atoms with E-state index < -0.39 is 10.0 Å². The van der Waals surface area contributed by atoms with Gasteiger partial charge in [-0.1, -0.05) is 12.1 Å². The summed E-state index contributed by atoms with van der Waals surface area (Å²) in [5.74, 6) is 0.206. The SMILES string of the molecule is CC(C)N(Cc1nc2ccccc2c(=O)[nH]1)C(=O)c1ccc2c(c1)CC(C)N2S(C)(=O)=O. The van der Waals surface area contributed by atoms with Crippen molar-refractivity contribution < 1.29 is 13.2 Å². The number of benzene rings is 2. The van der Waals surface area contributed by atoms with E-state index in [-0.39, 0.29) is 30.1 Å². The van der Waals surface area contributed by atoms with Crippen LogP contribution >= 0.6 is 0 Å². The molecule has 1 aromatic heterocycles. The smallest absolute Gasteiger partial charge is 0.258 e. The summed E-state index contributed by atoms with van der Waals surface area (Å²) >= 11 is 0. The summed E-state index contributed by atoms with van der Waals surface area (Å²) in [6.07, 6.45) is 1.74. The van der Waals surface area contributed by atoms with Crippen LogP contribution in [0.25, 0.3) is 10.9 Å². The van der Waals surface area contributed by atoms with Crippen LogP contribution in [0.3, 0.4) is 0 Å². The number of aromatic amines is 1. The summed E-state index contributed by atoms with van der Waals surface area (Å²) < 4.78 is 25.7. The fourth-order valence-electron chi connectivity index (χ4n) is 4.27. The van der Waals surface area contributed by atoms with Crippen molar-refractivity contribution in [2.75, 3.05) is 10.6 Å². The van der Waals surface area contributed by atoms with Crippen LogP contribution in [0.4, 0.5) is 5.69 Å². The molecular formula is C23H26N4O4S. The first kappa shape index (κ1) is 22.0. The Labute approximate surface area is 186 Å². The van der Waals surface area contributed by atoms with Crippen LogP contribution in [0.1, 0.15) is 42.5 Å². The van der Waals surface area contributed by atoms with Crippen molar-refractivity contribution in [2.45, 2.75) is 45.8 Å². The number of aromatic nitrogens is 2. The minimum Gasteiger partial charge on any atom is -0.329 e. The number of carbonyl (C=O) groups excluding carboxylic acids is 1. The third-order valence-corrected chi connectivity index (χ3v) is 6.97. The predicted octanol–water partition coefficient (Wildman–Crippen LogP) is 2.68. The standard InChI is InChI=1S/C23H26N4O4S/c1-14(2)26(13-21-24-19-8-6-5-7-18(19)22(28)25-21)23(29)16-9-10-20-17(12-16)11-15(3)27(20)32(4,30)31/h5-10,12,14-15H,11,13H2,1-4H3,(H,24,25,28). The molecule has 9 heteroatoms. The molecule has 0 fully saturated rings. The third kappa shape index (κ3) is 4.00. The lowest BCUT2D eigenvalue weighted by Crippen LogP contribution is -2.37. The first-order chi connectivity index (χ1) is 15.1. The summed E-state index contributed by atoms with van der Waals surface area (Å²) in [5.41, 5.74) is 2.26. The third-order valence-electron chi connectivity index (χ3n) is 5.70. The first-order valence-corrected chi connectivity index (χ1v) is 12.3. The summed E-state index contributed by atoms with van der Waals surface area (Å²) in [5, 5.41) is 0.502. The lowest BCUT2D eigenvalue weighted by molar-refractivity contribution is 0.0685. The number of H-pyrrole nitrogens is 1. The van der Waals surface area contributed by atoms with Gasteiger partial charge in [0.15, 0.2) is 0 Å². The molecule has 1 aliphatic rings. The molecule has 168 valence electrons. The van der Waals surface area contributed by atoms with Crippen LogP contribution in [-0.2, 0) is 23.0 Å². The highest BCUT2D eigenvalue weighted by atomic mass is 32.2. The molecule has 1 atom stereocenters. The van der Waals surface area contributed by atoms with E-state index in [0.29, 0.717) is 34.4 Å². The van der Waals surface area contributed by atoms with Gasteiger partial charge in [0.2, 0.25) is 10.0 Å². The van der Waals surface area contributed by atoms with Gasteiger partial charge in [0.25, 0.3) is 11.5 Å². The molecule has 0 radical (unpaired) electrons. The van der Waals surface area contributed by atoms with Gasteiger partial charge in [-0.25, -0.2) is 13.4 Å². The Bertz CT molecular complexity index is 1360. The molecular weight excluding hydrogens is 428 g/mol. The van der Waals surface area contributed by atoms with Crippen molar-refractivity contribution in [3.63, 3.8) is 0 Å². The minimum absolute atomic E-state index is 0.140. The monoisotopic (exact) mass is 454 g/mol. The number of fused-ring (bicyclic) bond motifs is 2. The van der Waals surface area contributed by atoms with E-state index >= 15 is 0 Å². The van der Waals surface area contributed by atoms with Crippen LogP contribution in [0.2, 0.25) is 0 Å². The number of anilines is 1. The highest BCUT2D eigenvalue weighted by Gasteiger charge is 2.33. The lowest BCUT2D eigenvalue weighted by Gasteiger charge is -2.27. The van der Waals surface area contributed by atoms with Crippen molar-refractivity contribution in [1.82, 2.24) is 14.9 Å². The number of nitrogens with zero attached hydrogens (tertiary/aromatic N) is 3. The molecule has 1 N–H and O–H groups in total. The van der Waals surface area contributed by atoms with Crippen LogP contribution in [0.15, 0.2) is 47.3 Å².